The smallest absolute Gasteiger partial charge is 0.283 e. The first-order valence-electron chi connectivity index (χ1n) is 36.8. The number of hydrogen-bond donors (Lipinski definition) is 8. The molecule has 0 unspecified atom stereocenters. The summed E-state index contributed by atoms with van der Waals surface area (Å²) in [6, 6.07) is 50.9. The van der Waals surface area contributed by atoms with Gasteiger partial charge in [-0.25, -0.2) is 5.01 Å². The number of halogens is 4. The number of H-pyrrole nitrogens is 4. The summed E-state index contributed by atoms with van der Waals surface area (Å²) in [4.78, 5) is 50.2. The molecular weight excluding hydrogens is 1410 g/mol. The number of aromatic amines is 4. The molecule has 1 fully saturated rings. The fourth-order valence-corrected chi connectivity index (χ4v) is 14.7. The summed E-state index contributed by atoms with van der Waals surface area (Å²) in [5.74, 6) is -0.736. The molecule has 1 aliphatic heterocycles. The zero-order chi connectivity index (χ0) is 73.9. The summed E-state index contributed by atoms with van der Waals surface area (Å²) in [6.07, 6.45) is 27.8. The lowest BCUT2D eigenvalue weighted by Crippen LogP contribution is -2.45. The molecule has 4 aromatic heterocycles. The van der Waals surface area contributed by atoms with Crippen LogP contribution in [0.4, 0.5) is 0 Å². The first-order chi connectivity index (χ1) is 51.6. The maximum Gasteiger partial charge on any atom is 0.283 e. The van der Waals surface area contributed by atoms with Crippen molar-refractivity contribution in [3.63, 3.8) is 0 Å². The van der Waals surface area contributed by atoms with Crippen molar-refractivity contribution in [2.75, 3.05) is 13.1 Å². The predicted octanol–water partition coefficient (Wildman–Crippen LogP) is 19.5. The molecular formula is C85H89Cl4N13O4. The summed E-state index contributed by atoms with van der Waals surface area (Å²) < 4.78 is 0. The van der Waals surface area contributed by atoms with Crippen LogP contribution in [0.2, 0.25) is 20.1 Å². The van der Waals surface area contributed by atoms with Crippen molar-refractivity contribution in [2.45, 2.75) is 148 Å². The standard InChI is InChI=1S/2C24H24ClN3O.C21H25ClN4O.C16H16ClN3O/c2*1-16(18-7-3-2-4-8-18)26-24(29)23-21-10-6-5-9-19(22(21)27-28-23)15-17-11-13-20(25)14-12-17;22-17-10-8-15(9-11-17)14-16-6-2-3-7-18-19(16)23-24-20(18)21(27)25-26-12-4-1-5-13-26;17-12-7-5-10(6-8-12)9-11-3-1-2-4-13-14(11)19-20-15(13)16(18)21/h2*2-4,7-8,11-16H,5-6,9-10H2,1H3,(H,26,29)(H,27,28);8-11,14H,1-7,12-13H2,(H,23,24)(H,25,27);5-9H,1-4H2,(H2,18,21)(H,19,20)/b2*19-15+;16-14+;11-9+/t2*16-;;/m10../s1. The van der Waals surface area contributed by atoms with Gasteiger partial charge >= 0.3 is 0 Å². The molecule has 4 aliphatic carbocycles. The number of hydrogen-bond acceptors (Lipinski definition) is 9. The van der Waals surface area contributed by atoms with Gasteiger partial charge in [-0.15, -0.1) is 0 Å². The molecule has 15 rings (SSSR count). The molecule has 0 radical (unpaired) electrons. The number of primary amides is 1. The molecule has 5 heterocycles. The van der Waals surface area contributed by atoms with Crippen molar-refractivity contribution in [3.05, 3.63) is 279 Å². The SMILES string of the molecule is C[C@@H](NC(=O)c1[nH]nc2c1CCCC/C2=C\c1ccc(Cl)cc1)c1ccccc1.C[C@H](NC(=O)c1[nH]nc2c1CCCC/C2=C\c1ccc(Cl)cc1)c1ccccc1.NC(=O)c1[nH]nc2c1CCCC/C2=C\c1ccc(Cl)cc1.O=C(NN1CCCCC1)c1[nH]nc2c1CCCC/C2=C\c1ccc(Cl)cc1. The number of nitrogens with one attached hydrogen (secondary N) is 7. The maximum atomic E-state index is 13.0. The van der Waals surface area contributed by atoms with Crippen LogP contribution in [-0.2, 0) is 25.7 Å². The molecule has 17 nitrogen and oxygen atoms in total. The van der Waals surface area contributed by atoms with E-state index in [2.05, 4.69) is 81.2 Å². The van der Waals surface area contributed by atoms with Crippen LogP contribution in [0.25, 0.3) is 46.6 Å². The lowest BCUT2D eigenvalue weighted by molar-refractivity contribution is 0.0743. The van der Waals surface area contributed by atoms with Crippen LogP contribution in [0.15, 0.2) is 158 Å². The number of hydrazine groups is 1. The van der Waals surface area contributed by atoms with E-state index in [4.69, 9.17) is 52.1 Å². The van der Waals surface area contributed by atoms with Gasteiger partial charge in [0.25, 0.3) is 23.6 Å². The normalized spacial score (nSPS) is 17.1. The fraction of sp³-hybridized carbons (Fsp3) is 0.294. The van der Waals surface area contributed by atoms with Gasteiger partial charge in [-0.05, 0) is 258 Å². The zero-order valence-electron chi connectivity index (χ0n) is 59.8. The molecule has 2 atom stereocenters. The van der Waals surface area contributed by atoms with Gasteiger partial charge < -0.3 is 16.4 Å². The lowest BCUT2D eigenvalue weighted by Gasteiger charge is -2.26. The number of nitrogens with zero attached hydrogens (tertiary/aromatic N) is 5. The summed E-state index contributed by atoms with van der Waals surface area (Å²) in [7, 11) is 0. The van der Waals surface area contributed by atoms with Gasteiger partial charge in [0, 0.05) is 55.4 Å². The minimum absolute atomic E-state index is 0.0709. The van der Waals surface area contributed by atoms with Crippen LogP contribution in [0, 0.1) is 0 Å². The number of nitrogens with two attached hydrogens (primary N) is 1. The van der Waals surface area contributed by atoms with E-state index >= 15 is 0 Å². The van der Waals surface area contributed by atoms with Gasteiger partial charge in [0.2, 0.25) is 0 Å². The Hall–Kier alpha value is -9.88. The third-order valence-electron chi connectivity index (χ3n) is 19.9. The monoisotopic (exact) mass is 1500 g/mol. The third kappa shape index (κ3) is 20.0. The number of aromatic nitrogens is 8. The second kappa shape index (κ2) is 36.9. The highest BCUT2D eigenvalue weighted by molar-refractivity contribution is 6.31. The van der Waals surface area contributed by atoms with E-state index in [0.29, 0.717) is 22.8 Å². The molecule has 6 aromatic carbocycles. The Labute approximate surface area is 639 Å². The summed E-state index contributed by atoms with van der Waals surface area (Å²) >= 11 is 23.9. The highest BCUT2D eigenvalue weighted by Crippen LogP contribution is 2.37. The Morgan fingerprint density at radius 3 is 0.943 bits per heavy atom. The molecule has 106 heavy (non-hydrogen) atoms. The molecule has 4 amide bonds. The number of piperidine rings is 1. The van der Waals surface area contributed by atoms with Crippen molar-refractivity contribution < 1.29 is 19.2 Å². The molecule has 0 bridgehead atoms. The molecule has 0 spiro atoms. The van der Waals surface area contributed by atoms with Crippen LogP contribution in [0.3, 0.4) is 0 Å². The Morgan fingerprint density at radius 2 is 0.642 bits per heavy atom. The van der Waals surface area contributed by atoms with Gasteiger partial charge in [0.05, 0.1) is 34.9 Å². The zero-order valence-corrected chi connectivity index (χ0v) is 62.8. The van der Waals surface area contributed by atoms with E-state index in [1.54, 1.807) is 0 Å². The average Bonchev–Trinajstić information content (AvgIpc) is 1.67. The van der Waals surface area contributed by atoms with Crippen molar-refractivity contribution in [1.29, 1.82) is 0 Å². The lowest BCUT2D eigenvalue weighted by atomic mass is 10.0. The Bertz CT molecular complexity index is 4610. The Kier molecular flexibility index (Phi) is 26.4. The molecule has 5 aliphatic rings. The summed E-state index contributed by atoms with van der Waals surface area (Å²) in [6.45, 7) is 5.83. The number of benzene rings is 6. The van der Waals surface area contributed by atoms with Gasteiger partial charge in [-0.1, -0.05) is 162 Å². The fourth-order valence-electron chi connectivity index (χ4n) is 14.2. The quantitative estimate of drug-likeness (QED) is 0.0511. The van der Waals surface area contributed by atoms with E-state index in [1.807, 2.05) is 177 Å². The number of allylic oxidation sites excluding steroid dienone is 4. The third-order valence-corrected chi connectivity index (χ3v) is 20.9. The molecule has 546 valence electrons. The minimum atomic E-state index is -0.448. The van der Waals surface area contributed by atoms with E-state index in [9.17, 15) is 19.2 Å². The van der Waals surface area contributed by atoms with Gasteiger partial charge in [-0.3, -0.25) is 45.0 Å². The number of rotatable bonds is 13. The highest BCUT2D eigenvalue weighted by atomic mass is 35.5. The van der Waals surface area contributed by atoms with Crippen molar-refractivity contribution >= 4 is 117 Å². The van der Waals surface area contributed by atoms with Crippen molar-refractivity contribution in [1.82, 2.24) is 61.9 Å². The van der Waals surface area contributed by atoms with E-state index in [1.165, 1.54) is 12.0 Å². The molecule has 21 heteroatoms. The van der Waals surface area contributed by atoms with Gasteiger partial charge in [-0.2, -0.15) is 20.4 Å². The van der Waals surface area contributed by atoms with E-state index in [0.717, 1.165) is 244 Å². The van der Waals surface area contributed by atoms with Crippen LogP contribution < -0.4 is 21.8 Å². The minimum Gasteiger partial charge on any atom is -0.364 e. The number of carbonyl (C=O) groups is 4. The predicted molar refractivity (Wildman–Crippen MR) is 428 cm³/mol. The largest absolute Gasteiger partial charge is 0.364 e. The highest BCUT2D eigenvalue weighted by Gasteiger charge is 2.29. The Balaban J connectivity index is 0.000000133. The number of amides is 4. The van der Waals surface area contributed by atoms with E-state index in [-0.39, 0.29) is 29.8 Å². The van der Waals surface area contributed by atoms with Crippen LogP contribution >= 0.6 is 46.4 Å². The Morgan fingerprint density at radius 1 is 0.368 bits per heavy atom. The molecule has 0 saturated carbocycles. The van der Waals surface area contributed by atoms with Crippen LogP contribution in [-0.4, -0.2) is 82.5 Å². The topological polar surface area (TPSA) is 248 Å². The molecule has 10 aromatic rings. The number of fused-ring (bicyclic) bond motifs is 4. The second-order valence-electron chi connectivity index (χ2n) is 27.5. The summed E-state index contributed by atoms with van der Waals surface area (Å²) in [5, 5.41) is 40.8. The van der Waals surface area contributed by atoms with Crippen molar-refractivity contribution in [3.8, 4) is 0 Å². The van der Waals surface area contributed by atoms with Crippen LogP contribution in [0.5, 0.6) is 0 Å². The molecule has 9 N–H and O–H groups in total. The van der Waals surface area contributed by atoms with Crippen LogP contribution in [0.1, 0.15) is 243 Å². The second-order valence-corrected chi connectivity index (χ2v) is 29.2. The first kappa shape index (κ1) is 75.8. The van der Waals surface area contributed by atoms with E-state index < -0.39 is 5.91 Å². The van der Waals surface area contributed by atoms with Crippen molar-refractivity contribution in [2.24, 2.45) is 5.73 Å². The summed E-state index contributed by atoms with van der Waals surface area (Å²) in [5.41, 5.74) is 29.4. The van der Waals surface area contributed by atoms with Gasteiger partial charge in [0.15, 0.2) is 0 Å². The maximum absolute atomic E-state index is 13.0. The average molecular weight is 1500 g/mol. The first-order valence-corrected chi connectivity index (χ1v) is 38.3. The molecule has 1 saturated heterocycles. The van der Waals surface area contributed by atoms with Gasteiger partial charge in [0.1, 0.15) is 22.8 Å². The number of carbonyl (C=O) groups excluding carboxylic acids is 4.